The van der Waals surface area contributed by atoms with Gasteiger partial charge in [-0.3, -0.25) is 0 Å². The molecule has 130 valence electrons. The van der Waals surface area contributed by atoms with E-state index in [1.165, 1.54) is 0 Å². The lowest BCUT2D eigenvalue weighted by Gasteiger charge is -2.12. The number of hydrogen-bond donors (Lipinski definition) is 0. The van der Waals surface area contributed by atoms with Crippen LogP contribution in [0.25, 0.3) is 6.08 Å². The molecule has 0 fully saturated rings. The van der Waals surface area contributed by atoms with Gasteiger partial charge in [-0.2, -0.15) is 0 Å². The first-order valence-corrected chi connectivity index (χ1v) is 8.90. The largest absolute Gasteiger partial charge is 0.383 e. The summed E-state index contributed by atoms with van der Waals surface area (Å²) in [5, 5.41) is 5.47. The molecule has 0 aliphatic heterocycles. The molecule has 26 heavy (non-hydrogen) atoms. The molecular weight excluding hydrogens is 365 g/mol. The summed E-state index contributed by atoms with van der Waals surface area (Å²) in [6.07, 6.45) is 5.20. The highest BCUT2D eigenvalue weighted by atomic mass is 35.5. The van der Waals surface area contributed by atoms with Gasteiger partial charge in [0.1, 0.15) is 0 Å². The molecule has 0 aromatic heterocycles. The Morgan fingerprint density at radius 1 is 0.769 bits per heavy atom. The van der Waals surface area contributed by atoms with E-state index in [0.29, 0.717) is 10.0 Å². The zero-order valence-electron chi connectivity index (χ0n) is 13.9. The molecule has 0 bridgehead atoms. The summed E-state index contributed by atoms with van der Waals surface area (Å²) in [4.78, 5) is 5.73. The van der Waals surface area contributed by atoms with Crippen molar-refractivity contribution >= 4 is 35.5 Å². The lowest BCUT2D eigenvalue weighted by molar-refractivity contribution is 0.0948. The Balaban J connectivity index is 1.81. The third-order valence-corrected chi connectivity index (χ3v) is 4.14. The van der Waals surface area contributed by atoms with Crippen molar-refractivity contribution < 1.29 is 4.84 Å². The van der Waals surface area contributed by atoms with Gasteiger partial charge in [-0.05, 0) is 41.5 Å². The van der Waals surface area contributed by atoms with Crippen LogP contribution in [0.2, 0.25) is 10.0 Å². The van der Waals surface area contributed by atoms with Gasteiger partial charge in [-0.25, -0.2) is 0 Å². The fourth-order valence-electron chi connectivity index (χ4n) is 2.40. The van der Waals surface area contributed by atoms with E-state index in [2.05, 4.69) is 5.16 Å². The first-order valence-electron chi connectivity index (χ1n) is 8.14. The highest BCUT2D eigenvalue weighted by molar-refractivity contribution is 6.31. The van der Waals surface area contributed by atoms with E-state index in [0.717, 1.165) is 16.7 Å². The number of hydrogen-bond acceptors (Lipinski definition) is 2. The van der Waals surface area contributed by atoms with Crippen molar-refractivity contribution in [2.75, 3.05) is 0 Å². The standard InChI is InChI=1S/C22H17Cl2NO/c23-20-10-4-8-17(14-20)12-13-22(19-9-5-11-21(24)15-19)26-25-16-18-6-2-1-3-7-18/h1-16,22H/b13-12+,25-16+/t22-/m0/s1. The third-order valence-electron chi connectivity index (χ3n) is 3.67. The van der Waals surface area contributed by atoms with Gasteiger partial charge in [-0.1, -0.05) is 89.0 Å². The molecule has 0 aliphatic carbocycles. The molecule has 0 aliphatic rings. The van der Waals surface area contributed by atoms with Gasteiger partial charge in [0.2, 0.25) is 0 Å². The first-order chi connectivity index (χ1) is 12.7. The normalized spacial score (nSPS) is 12.5. The molecule has 0 saturated carbocycles. The van der Waals surface area contributed by atoms with E-state index in [4.69, 9.17) is 28.0 Å². The summed E-state index contributed by atoms with van der Waals surface area (Å²) >= 11 is 12.2. The number of rotatable bonds is 6. The minimum atomic E-state index is -0.368. The summed E-state index contributed by atoms with van der Waals surface area (Å²) in [6.45, 7) is 0. The van der Waals surface area contributed by atoms with Crippen molar-refractivity contribution in [1.29, 1.82) is 0 Å². The van der Waals surface area contributed by atoms with Gasteiger partial charge >= 0.3 is 0 Å². The van der Waals surface area contributed by atoms with Crippen molar-refractivity contribution in [2.45, 2.75) is 6.10 Å². The summed E-state index contributed by atoms with van der Waals surface area (Å²) in [5.41, 5.74) is 2.87. The lowest BCUT2D eigenvalue weighted by Crippen LogP contribution is -1.98. The molecule has 0 heterocycles. The average molecular weight is 382 g/mol. The fraction of sp³-hybridized carbons (Fsp3) is 0.0455. The van der Waals surface area contributed by atoms with E-state index in [1.54, 1.807) is 6.21 Å². The number of nitrogens with zero attached hydrogens (tertiary/aromatic N) is 1. The highest BCUT2D eigenvalue weighted by Crippen LogP contribution is 2.24. The van der Waals surface area contributed by atoms with Crippen LogP contribution < -0.4 is 0 Å². The molecule has 0 radical (unpaired) electrons. The van der Waals surface area contributed by atoms with Crippen molar-refractivity contribution in [3.63, 3.8) is 0 Å². The molecule has 0 amide bonds. The smallest absolute Gasteiger partial charge is 0.171 e. The van der Waals surface area contributed by atoms with E-state index < -0.39 is 0 Å². The number of oxime groups is 1. The van der Waals surface area contributed by atoms with E-state index >= 15 is 0 Å². The zero-order chi connectivity index (χ0) is 18.2. The summed E-state index contributed by atoms with van der Waals surface area (Å²) < 4.78 is 0. The predicted molar refractivity (Wildman–Crippen MR) is 110 cm³/mol. The minimum Gasteiger partial charge on any atom is -0.383 e. The maximum absolute atomic E-state index is 6.12. The molecule has 2 nitrogen and oxygen atoms in total. The number of benzene rings is 3. The van der Waals surface area contributed by atoms with Crippen LogP contribution in [0.5, 0.6) is 0 Å². The molecule has 3 aromatic carbocycles. The van der Waals surface area contributed by atoms with Crippen molar-refractivity contribution in [1.82, 2.24) is 0 Å². The van der Waals surface area contributed by atoms with Crippen molar-refractivity contribution in [3.05, 3.63) is 112 Å². The number of halogens is 2. The van der Waals surface area contributed by atoms with Crippen molar-refractivity contribution in [3.8, 4) is 0 Å². The van der Waals surface area contributed by atoms with E-state index in [1.807, 2.05) is 91.0 Å². The van der Waals surface area contributed by atoms with Gasteiger partial charge in [0.05, 0.1) is 6.21 Å². The van der Waals surface area contributed by atoms with Gasteiger partial charge in [0.15, 0.2) is 6.10 Å². The predicted octanol–water partition coefficient (Wildman–Crippen LogP) is 6.80. The Kier molecular flexibility index (Phi) is 6.48. The Morgan fingerprint density at radius 2 is 1.46 bits per heavy atom. The molecule has 0 unspecified atom stereocenters. The quantitative estimate of drug-likeness (QED) is 0.339. The molecule has 3 aromatic rings. The van der Waals surface area contributed by atoms with Gasteiger partial charge < -0.3 is 4.84 Å². The van der Waals surface area contributed by atoms with Crippen molar-refractivity contribution in [2.24, 2.45) is 5.16 Å². The SMILES string of the molecule is Clc1cccc(/C=C/[C@H](O/N=C/c2ccccc2)c2cccc(Cl)c2)c1. The Bertz CT molecular complexity index is 907. The van der Waals surface area contributed by atoms with Crippen LogP contribution in [0, 0.1) is 0 Å². The van der Waals surface area contributed by atoms with E-state index in [-0.39, 0.29) is 6.10 Å². The second-order valence-electron chi connectivity index (χ2n) is 5.64. The van der Waals surface area contributed by atoms with Gasteiger partial charge in [-0.15, -0.1) is 0 Å². The van der Waals surface area contributed by atoms with E-state index in [9.17, 15) is 0 Å². The average Bonchev–Trinajstić information content (AvgIpc) is 2.65. The van der Waals surface area contributed by atoms with Crippen LogP contribution in [0.3, 0.4) is 0 Å². The maximum atomic E-state index is 6.12. The summed E-state index contributed by atoms with van der Waals surface area (Å²) in [6, 6.07) is 24.9. The molecule has 3 rings (SSSR count). The molecule has 1 atom stereocenters. The Labute approximate surface area is 163 Å². The van der Waals surface area contributed by atoms with Crippen LogP contribution in [0.1, 0.15) is 22.8 Å². The molecule has 0 spiro atoms. The lowest BCUT2D eigenvalue weighted by atomic mass is 10.1. The summed E-state index contributed by atoms with van der Waals surface area (Å²) in [7, 11) is 0. The van der Waals surface area contributed by atoms with Crippen LogP contribution >= 0.6 is 23.2 Å². The second-order valence-corrected chi connectivity index (χ2v) is 6.51. The minimum absolute atomic E-state index is 0.368. The van der Waals surface area contributed by atoms with Crippen LogP contribution in [-0.2, 0) is 4.84 Å². The zero-order valence-corrected chi connectivity index (χ0v) is 15.4. The molecule has 0 saturated heterocycles. The Morgan fingerprint density at radius 3 is 2.19 bits per heavy atom. The van der Waals surface area contributed by atoms with Crippen LogP contribution in [-0.4, -0.2) is 6.21 Å². The monoisotopic (exact) mass is 381 g/mol. The fourth-order valence-corrected chi connectivity index (χ4v) is 2.79. The van der Waals surface area contributed by atoms with Gasteiger partial charge in [0, 0.05) is 15.6 Å². The topological polar surface area (TPSA) is 21.6 Å². The third kappa shape index (κ3) is 5.48. The molecular formula is C22H17Cl2NO. The van der Waals surface area contributed by atoms with Crippen LogP contribution in [0.15, 0.2) is 90.1 Å². The first kappa shape index (κ1) is 18.2. The Hall–Kier alpha value is -2.55. The molecule has 0 N–H and O–H groups in total. The molecule has 4 heteroatoms. The highest BCUT2D eigenvalue weighted by Gasteiger charge is 2.09. The second kappa shape index (κ2) is 9.23. The summed E-state index contributed by atoms with van der Waals surface area (Å²) in [5.74, 6) is 0. The van der Waals surface area contributed by atoms with Gasteiger partial charge in [0.25, 0.3) is 0 Å². The van der Waals surface area contributed by atoms with Crippen LogP contribution in [0.4, 0.5) is 0 Å². The maximum Gasteiger partial charge on any atom is 0.171 e.